The van der Waals surface area contributed by atoms with Gasteiger partial charge in [-0.15, -0.1) is 0 Å². The third-order valence-corrected chi connectivity index (χ3v) is 4.60. The number of nitrogens with two attached hydrogens (primary N) is 1. The molecule has 0 amide bonds. The van der Waals surface area contributed by atoms with Crippen molar-refractivity contribution in [2.75, 3.05) is 5.73 Å². The van der Waals surface area contributed by atoms with Crippen molar-refractivity contribution < 1.29 is 8.78 Å². The molecule has 0 saturated heterocycles. The third kappa shape index (κ3) is 2.64. The lowest BCUT2D eigenvalue weighted by Gasteiger charge is -2.08. The molecule has 18 heavy (non-hydrogen) atoms. The molecular weight excluding hydrogens is 322 g/mol. The zero-order valence-electron chi connectivity index (χ0n) is 9.38. The van der Waals surface area contributed by atoms with Gasteiger partial charge in [0.15, 0.2) is 11.6 Å². The van der Waals surface area contributed by atoms with Crippen LogP contribution in [0.3, 0.4) is 0 Å². The average Bonchev–Trinajstić information content (AvgIpc) is 2.34. The SMILES string of the molecule is Cc1c(N)cnc(Sc2ccc(F)c(F)c2)c1Br. The Labute approximate surface area is 116 Å². The molecule has 2 aromatic rings. The summed E-state index contributed by atoms with van der Waals surface area (Å²) >= 11 is 4.63. The van der Waals surface area contributed by atoms with Crippen molar-refractivity contribution in [2.24, 2.45) is 0 Å². The highest BCUT2D eigenvalue weighted by atomic mass is 79.9. The predicted molar refractivity (Wildman–Crippen MR) is 71.6 cm³/mol. The number of pyridine rings is 1. The zero-order chi connectivity index (χ0) is 13.3. The van der Waals surface area contributed by atoms with Gasteiger partial charge >= 0.3 is 0 Å². The first kappa shape index (κ1) is 13.3. The van der Waals surface area contributed by atoms with Crippen molar-refractivity contribution in [3.63, 3.8) is 0 Å². The molecule has 0 spiro atoms. The van der Waals surface area contributed by atoms with E-state index in [4.69, 9.17) is 5.73 Å². The Hall–Kier alpha value is -1.14. The van der Waals surface area contributed by atoms with Crippen LogP contribution >= 0.6 is 27.7 Å². The third-order valence-electron chi connectivity index (χ3n) is 2.38. The molecule has 1 heterocycles. The topological polar surface area (TPSA) is 38.9 Å². The molecule has 2 N–H and O–H groups in total. The summed E-state index contributed by atoms with van der Waals surface area (Å²) in [6.45, 7) is 1.86. The van der Waals surface area contributed by atoms with E-state index in [9.17, 15) is 8.78 Å². The molecule has 0 atom stereocenters. The Balaban J connectivity index is 2.34. The van der Waals surface area contributed by atoms with E-state index in [1.54, 1.807) is 6.20 Å². The van der Waals surface area contributed by atoms with E-state index in [1.165, 1.54) is 17.8 Å². The second-order valence-corrected chi connectivity index (χ2v) is 5.49. The summed E-state index contributed by atoms with van der Waals surface area (Å²) < 4.78 is 26.7. The molecule has 1 aromatic heterocycles. The fourth-order valence-electron chi connectivity index (χ4n) is 1.29. The Morgan fingerprint density at radius 3 is 2.67 bits per heavy atom. The van der Waals surface area contributed by atoms with E-state index in [2.05, 4.69) is 20.9 Å². The normalized spacial score (nSPS) is 10.7. The molecule has 0 aliphatic heterocycles. The largest absolute Gasteiger partial charge is 0.397 e. The molecule has 0 aliphatic carbocycles. The highest BCUT2D eigenvalue weighted by Crippen LogP contribution is 2.35. The fourth-order valence-corrected chi connectivity index (χ4v) is 2.74. The minimum absolute atomic E-state index is 0.575. The van der Waals surface area contributed by atoms with Crippen LogP contribution in [0.4, 0.5) is 14.5 Å². The van der Waals surface area contributed by atoms with Gasteiger partial charge in [-0.1, -0.05) is 11.8 Å². The Morgan fingerprint density at radius 2 is 2.00 bits per heavy atom. The summed E-state index contributed by atoms with van der Waals surface area (Å²) in [5.74, 6) is -1.73. The maximum Gasteiger partial charge on any atom is 0.159 e. The standard InChI is InChI=1S/C12H9BrF2N2S/c1-6-10(16)5-17-12(11(6)13)18-7-2-3-8(14)9(15)4-7/h2-5H,16H2,1H3. The summed E-state index contributed by atoms with van der Waals surface area (Å²) in [6, 6.07) is 3.73. The quantitative estimate of drug-likeness (QED) is 0.898. The molecule has 0 bridgehead atoms. The monoisotopic (exact) mass is 330 g/mol. The zero-order valence-corrected chi connectivity index (χ0v) is 11.8. The van der Waals surface area contributed by atoms with Gasteiger partial charge < -0.3 is 5.73 Å². The predicted octanol–water partition coefficient (Wildman–Crippen LogP) is 4.16. The Morgan fingerprint density at radius 1 is 1.28 bits per heavy atom. The van der Waals surface area contributed by atoms with Gasteiger partial charge in [-0.25, -0.2) is 13.8 Å². The minimum Gasteiger partial charge on any atom is -0.397 e. The summed E-state index contributed by atoms with van der Waals surface area (Å²) in [5, 5.41) is 0.660. The van der Waals surface area contributed by atoms with Crippen molar-refractivity contribution in [1.29, 1.82) is 0 Å². The second-order valence-electron chi connectivity index (χ2n) is 3.64. The molecule has 94 valence electrons. The highest BCUT2D eigenvalue weighted by molar-refractivity contribution is 9.10. The van der Waals surface area contributed by atoms with E-state index in [1.807, 2.05) is 6.92 Å². The lowest BCUT2D eigenvalue weighted by Crippen LogP contribution is -1.94. The van der Waals surface area contributed by atoms with Gasteiger partial charge in [0.25, 0.3) is 0 Å². The first-order chi connectivity index (χ1) is 8.49. The number of benzene rings is 1. The van der Waals surface area contributed by atoms with Gasteiger partial charge in [0, 0.05) is 4.90 Å². The van der Waals surface area contributed by atoms with Crippen LogP contribution in [-0.4, -0.2) is 4.98 Å². The maximum atomic E-state index is 13.1. The van der Waals surface area contributed by atoms with Crippen LogP contribution in [0.5, 0.6) is 0 Å². The minimum atomic E-state index is -0.872. The van der Waals surface area contributed by atoms with Gasteiger partial charge in [-0.2, -0.15) is 0 Å². The molecule has 0 unspecified atom stereocenters. The van der Waals surface area contributed by atoms with Gasteiger partial charge in [0.1, 0.15) is 5.03 Å². The van der Waals surface area contributed by atoms with E-state index < -0.39 is 11.6 Å². The summed E-state index contributed by atoms with van der Waals surface area (Å²) in [6.07, 6.45) is 1.54. The van der Waals surface area contributed by atoms with Gasteiger partial charge in [-0.3, -0.25) is 0 Å². The van der Waals surface area contributed by atoms with Crippen LogP contribution in [0.2, 0.25) is 0 Å². The highest BCUT2D eigenvalue weighted by Gasteiger charge is 2.10. The molecule has 6 heteroatoms. The Kier molecular flexibility index (Phi) is 3.87. The lowest BCUT2D eigenvalue weighted by molar-refractivity contribution is 0.506. The molecule has 2 nitrogen and oxygen atoms in total. The molecule has 0 aliphatic rings. The van der Waals surface area contributed by atoms with Crippen LogP contribution in [0.25, 0.3) is 0 Å². The lowest BCUT2D eigenvalue weighted by atomic mass is 10.3. The van der Waals surface area contributed by atoms with E-state index >= 15 is 0 Å². The second kappa shape index (κ2) is 5.24. The number of nitrogen functional groups attached to an aromatic ring is 1. The number of rotatable bonds is 2. The van der Waals surface area contributed by atoms with Gasteiger partial charge in [0.2, 0.25) is 0 Å². The van der Waals surface area contributed by atoms with Crippen molar-refractivity contribution >= 4 is 33.4 Å². The first-order valence-electron chi connectivity index (χ1n) is 5.02. The van der Waals surface area contributed by atoms with Crippen LogP contribution in [-0.2, 0) is 0 Å². The van der Waals surface area contributed by atoms with Crippen LogP contribution in [0.15, 0.2) is 38.8 Å². The number of aromatic nitrogens is 1. The molecular formula is C12H9BrF2N2S. The number of halogens is 3. The summed E-state index contributed by atoms with van der Waals surface area (Å²) in [4.78, 5) is 4.74. The van der Waals surface area contributed by atoms with Gasteiger partial charge in [-0.05, 0) is 46.6 Å². The van der Waals surface area contributed by atoms with Crippen LogP contribution in [0.1, 0.15) is 5.56 Å². The molecule has 1 aromatic carbocycles. The fraction of sp³-hybridized carbons (Fsp3) is 0.0833. The number of anilines is 1. The van der Waals surface area contributed by atoms with Gasteiger partial charge in [0.05, 0.1) is 16.4 Å². The van der Waals surface area contributed by atoms with E-state index in [-0.39, 0.29) is 0 Å². The van der Waals surface area contributed by atoms with Crippen molar-refractivity contribution in [2.45, 2.75) is 16.8 Å². The van der Waals surface area contributed by atoms with Crippen LogP contribution in [0, 0.1) is 18.6 Å². The summed E-state index contributed by atoms with van der Waals surface area (Å²) in [7, 11) is 0. The number of hydrogen-bond acceptors (Lipinski definition) is 3. The van der Waals surface area contributed by atoms with Crippen molar-refractivity contribution in [3.05, 3.63) is 46.1 Å². The average molecular weight is 331 g/mol. The van der Waals surface area contributed by atoms with E-state index in [0.717, 1.165) is 22.2 Å². The van der Waals surface area contributed by atoms with E-state index in [0.29, 0.717) is 15.6 Å². The molecule has 0 fully saturated rings. The smallest absolute Gasteiger partial charge is 0.159 e. The van der Waals surface area contributed by atoms with Crippen molar-refractivity contribution in [3.8, 4) is 0 Å². The van der Waals surface area contributed by atoms with Crippen molar-refractivity contribution in [1.82, 2.24) is 4.98 Å². The van der Waals surface area contributed by atoms with Crippen LogP contribution < -0.4 is 5.73 Å². The summed E-state index contributed by atoms with van der Waals surface area (Å²) in [5.41, 5.74) is 7.17. The Bertz CT molecular complexity index is 605. The molecule has 2 rings (SSSR count). The molecule has 0 radical (unpaired) electrons. The first-order valence-corrected chi connectivity index (χ1v) is 6.63. The number of hydrogen-bond donors (Lipinski definition) is 1. The number of nitrogens with zero attached hydrogens (tertiary/aromatic N) is 1. The maximum absolute atomic E-state index is 13.1. The molecule has 0 saturated carbocycles.